The van der Waals surface area contributed by atoms with Crippen LogP contribution in [-0.2, 0) is 4.79 Å². The molecule has 1 saturated carbocycles. The van der Waals surface area contributed by atoms with Crippen LogP contribution in [0.4, 0.5) is 0 Å². The van der Waals surface area contributed by atoms with Crippen LogP contribution < -0.4 is 0 Å². The van der Waals surface area contributed by atoms with Crippen molar-refractivity contribution in [1.82, 2.24) is 0 Å². The second-order valence-corrected chi connectivity index (χ2v) is 4.96. The molecule has 90 valence electrons. The van der Waals surface area contributed by atoms with E-state index in [0.717, 1.165) is 25.2 Å². The molecule has 0 spiro atoms. The summed E-state index contributed by atoms with van der Waals surface area (Å²) in [5.74, 6) is 1.80. The predicted octanol–water partition coefficient (Wildman–Crippen LogP) is 4.60. The standard InChI is InChI=1S/C9H16O.C5H12/c1-2-9(10)8-6-4-3-5-7-8;1-4-5(2)3/h8H,2-7H2,1H3;5H,4H2,1-3H3. The zero-order chi connectivity index (χ0) is 11.7. The maximum Gasteiger partial charge on any atom is 0.135 e. The molecule has 0 aromatic rings. The molecular weight excluding hydrogens is 184 g/mol. The average Bonchev–Trinajstić information content (AvgIpc) is 2.30. The fourth-order valence-electron chi connectivity index (χ4n) is 1.71. The summed E-state index contributed by atoms with van der Waals surface area (Å²) in [6.07, 6.45) is 8.25. The first-order chi connectivity index (χ1) is 7.11. The summed E-state index contributed by atoms with van der Waals surface area (Å²) < 4.78 is 0. The van der Waals surface area contributed by atoms with Gasteiger partial charge in [0.25, 0.3) is 0 Å². The van der Waals surface area contributed by atoms with Gasteiger partial charge in [-0.25, -0.2) is 0 Å². The lowest BCUT2D eigenvalue weighted by Gasteiger charge is -2.19. The third-order valence-corrected chi connectivity index (χ3v) is 3.23. The van der Waals surface area contributed by atoms with Gasteiger partial charge in [0.05, 0.1) is 0 Å². The molecule has 0 N–H and O–H groups in total. The van der Waals surface area contributed by atoms with Crippen molar-refractivity contribution >= 4 is 5.78 Å². The fraction of sp³-hybridized carbons (Fsp3) is 0.929. The molecule has 1 nitrogen and oxygen atoms in total. The molecule has 1 aliphatic carbocycles. The van der Waals surface area contributed by atoms with E-state index in [1.807, 2.05) is 6.92 Å². The Morgan fingerprint density at radius 3 is 1.93 bits per heavy atom. The quantitative estimate of drug-likeness (QED) is 0.668. The van der Waals surface area contributed by atoms with Crippen LogP contribution in [0.2, 0.25) is 0 Å². The minimum atomic E-state index is 0.429. The van der Waals surface area contributed by atoms with E-state index in [1.54, 1.807) is 0 Å². The Morgan fingerprint density at radius 1 is 1.13 bits per heavy atom. The first kappa shape index (κ1) is 14.7. The number of Topliss-reactive ketones (excluding diaryl/α,β-unsaturated/α-hetero) is 1. The predicted molar refractivity (Wildman–Crippen MR) is 67.0 cm³/mol. The van der Waals surface area contributed by atoms with E-state index < -0.39 is 0 Å². The van der Waals surface area contributed by atoms with Crippen molar-refractivity contribution in [2.24, 2.45) is 11.8 Å². The highest BCUT2D eigenvalue weighted by molar-refractivity contribution is 5.80. The fourth-order valence-corrected chi connectivity index (χ4v) is 1.71. The van der Waals surface area contributed by atoms with Crippen LogP contribution in [0.1, 0.15) is 72.6 Å². The Bertz CT molecular complexity index is 155. The van der Waals surface area contributed by atoms with E-state index in [1.165, 1.54) is 25.7 Å². The maximum absolute atomic E-state index is 11.2. The van der Waals surface area contributed by atoms with E-state index in [2.05, 4.69) is 20.8 Å². The van der Waals surface area contributed by atoms with Gasteiger partial charge in [-0.2, -0.15) is 0 Å². The van der Waals surface area contributed by atoms with Crippen LogP contribution >= 0.6 is 0 Å². The number of ketones is 1. The Kier molecular flexibility index (Phi) is 8.74. The van der Waals surface area contributed by atoms with E-state index in [9.17, 15) is 4.79 Å². The Labute approximate surface area is 95.6 Å². The topological polar surface area (TPSA) is 17.1 Å². The third kappa shape index (κ3) is 7.58. The molecule has 0 aromatic carbocycles. The highest BCUT2D eigenvalue weighted by atomic mass is 16.1. The number of carbonyl (C=O) groups is 1. The minimum Gasteiger partial charge on any atom is -0.299 e. The number of rotatable bonds is 3. The molecule has 0 saturated heterocycles. The van der Waals surface area contributed by atoms with Gasteiger partial charge in [-0.05, 0) is 18.8 Å². The van der Waals surface area contributed by atoms with Crippen LogP contribution in [-0.4, -0.2) is 5.78 Å². The van der Waals surface area contributed by atoms with Crippen molar-refractivity contribution in [3.8, 4) is 0 Å². The van der Waals surface area contributed by atoms with Crippen molar-refractivity contribution in [2.45, 2.75) is 72.6 Å². The van der Waals surface area contributed by atoms with Gasteiger partial charge in [0.15, 0.2) is 0 Å². The molecule has 0 unspecified atom stereocenters. The lowest BCUT2D eigenvalue weighted by Crippen LogP contribution is -2.16. The molecule has 0 aliphatic heterocycles. The second-order valence-electron chi connectivity index (χ2n) is 4.96. The average molecular weight is 212 g/mol. The largest absolute Gasteiger partial charge is 0.299 e. The summed E-state index contributed by atoms with van der Waals surface area (Å²) in [4.78, 5) is 11.2. The second kappa shape index (κ2) is 8.94. The maximum atomic E-state index is 11.2. The van der Waals surface area contributed by atoms with Gasteiger partial charge < -0.3 is 0 Å². The van der Waals surface area contributed by atoms with Crippen molar-refractivity contribution in [1.29, 1.82) is 0 Å². The lowest BCUT2D eigenvalue weighted by molar-refractivity contribution is -0.123. The van der Waals surface area contributed by atoms with Crippen LogP contribution in [0.5, 0.6) is 0 Å². The highest BCUT2D eigenvalue weighted by Crippen LogP contribution is 2.24. The first-order valence-corrected chi connectivity index (χ1v) is 6.64. The molecule has 0 radical (unpaired) electrons. The molecular formula is C14H28O. The van der Waals surface area contributed by atoms with Crippen molar-refractivity contribution in [3.05, 3.63) is 0 Å². The summed E-state index contributed by atoms with van der Waals surface area (Å²) in [7, 11) is 0. The summed E-state index contributed by atoms with van der Waals surface area (Å²) in [6, 6.07) is 0. The minimum absolute atomic E-state index is 0.429. The van der Waals surface area contributed by atoms with E-state index in [0.29, 0.717) is 11.7 Å². The van der Waals surface area contributed by atoms with Crippen molar-refractivity contribution < 1.29 is 4.79 Å². The van der Waals surface area contributed by atoms with Gasteiger partial charge >= 0.3 is 0 Å². The Balaban J connectivity index is 0.000000336. The molecule has 0 bridgehead atoms. The Morgan fingerprint density at radius 2 is 1.60 bits per heavy atom. The van der Waals surface area contributed by atoms with Crippen LogP contribution in [0.3, 0.4) is 0 Å². The van der Waals surface area contributed by atoms with Crippen LogP contribution in [0, 0.1) is 11.8 Å². The first-order valence-electron chi connectivity index (χ1n) is 6.64. The number of carbonyl (C=O) groups excluding carboxylic acids is 1. The molecule has 0 atom stereocenters. The molecule has 1 rings (SSSR count). The summed E-state index contributed by atoms with van der Waals surface area (Å²) >= 11 is 0. The van der Waals surface area contributed by atoms with Gasteiger partial charge in [0, 0.05) is 12.3 Å². The number of hydrogen-bond donors (Lipinski definition) is 0. The molecule has 0 heterocycles. The summed E-state index contributed by atoms with van der Waals surface area (Å²) in [5, 5.41) is 0. The van der Waals surface area contributed by atoms with Crippen molar-refractivity contribution in [3.63, 3.8) is 0 Å². The normalized spacial score (nSPS) is 17.1. The van der Waals surface area contributed by atoms with E-state index >= 15 is 0 Å². The van der Waals surface area contributed by atoms with Crippen LogP contribution in [0.15, 0.2) is 0 Å². The van der Waals surface area contributed by atoms with Crippen molar-refractivity contribution in [2.75, 3.05) is 0 Å². The zero-order valence-electron chi connectivity index (χ0n) is 11.0. The molecule has 1 aliphatic rings. The zero-order valence-corrected chi connectivity index (χ0v) is 11.0. The molecule has 15 heavy (non-hydrogen) atoms. The van der Waals surface area contributed by atoms with Gasteiger partial charge in [0.2, 0.25) is 0 Å². The summed E-state index contributed by atoms with van der Waals surface area (Å²) in [5.41, 5.74) is 0. The number of hydrogen-bond acceptors (Lipinski definition) is 1. The van der Waals surface area contributed by atoms with Gasteiger partial charge in [-0.15, -0.1) is 0 Å². The van der Waals surface area contributed by atoms with Gasteiger partial charge in [-0.1, -0.05) is 53.4 Å². The lowest BCUT2D eigenvalue weighted by atomic mass is 9.85. The molecule has 0 aromatic heterocycles. The van der Waals surface area contributed by atoms with Gasteiger partial charge in [-0.3, -0.25) is 4.79 Å². The van der Waals surface area contributed by atoms with Gasteiger partial charge in [0.1, 0.15) is 5.78 Å². The molecule has 0 amide bonds. The summed E-state index contributed by atoms with van der Waals surface area (Å²) in [6.45, 7) is 8.61. The smallest absolute Gasteiger partial charge is 0.135 e. The monoisotopic (exact) mass is 212 g/mol. The van der Waals surface area contributed by atoms with E-state index in [4.69, 9.17) is 0 Å². The van der Waals surface area contributed by atoms with E-state index in [-0.39, 0.29) is 0 Å². The Hall–Kier alpha value is -0.330. The SMILES string of the molecule is CCC(=O)C1CCCCC1.CCC(C)C. The third-order valence-electron chi connectivity index (χ3n) is 3.23. The highest BCUT2D eigenvalue weighted by Gasteiger charge is 2.18. The molecule has 1 heteroatoms. The van der Waals surface area contributed by atoms with Crippen LogP contribution in [0.25, 0.3) is 0 Å². The molecule has 1 fully saturated rings.